The fourth-order valence-electron chi connectivity index (χ4n) is 3.88. The van der Waals surface area contributed by atoms with Gasteiger partial charge in [0, 0.05) is 5.71 Å². The Bertz CT molecular complexity index is 758. The summed E-state index contributed by atoms with van der Waals surface area (Å²) >= 11 is 0. The number of aliphatic hydroxyl groups is 1. The van der Waals surface area contributed by atoms with Gasteiger partial charge in [0.05, 0.1) is 5.92 Å². The monoisotopic (exact) mass is 384 g/mol. The fraction of sp³-hybridized carbons (Fsp3) is 0.579. The van der Waals surface area contributed by atoms with E-state index in [9.17, 15) is 23.1 Å². The standard InChI is InChI=1S/C19H23F3N2O3/c1-11-4-5-16-15(9-11)18(26,19(20,21)22)24(23-16)17(25)10-27-14-7-12(2)6-13(3)8-14/h6-8,11,15,26H,4-5,9-10H2,1-3H3/t11-,15-,18+/m0/s1. The van der Waals surface area contributed by atoms with Gasteiger partial charge in [-0.25, -0.2) is 0 Å². The van der Waals surface area contributed by atoms with E-state index in [-0.39, 0.29) is 23.1 Å². The van der Waals surface area contributed by atoms with E-state index in [1.807, 2.05) is 26.8 Å². The maximum Gasteiger partial charge on any atom is 0.439 e. The smallest absolute Gasteiger partial charge is 0.439 e. The second-order valence-corrected chi connectivity index (χ2v) is 7.57. The van der Waals surface area contributed by atoms with Gasteiger partial charge in [-0.3, -0.25) is 4.79 Å². The zero-order chi connectivity index (χ0) is 20.0. The summed E-state index contributed by atoms with van der Waals surface area (Å²) < 4.78 is 46.7. The number of rotatable bonds is 3. The highest BCUT2D eigenvalue weighted by atomic mass is 19.4. The molecule has 1 heterocycles. The van der Waals surface area contributed by atoms with E-state index < -0.39 is 30.3 Å². The first-order valence-corrected chi connectivity index (χ1v) is 8.93. The summed E-state index contributed by atoms with van der Waals surface area (Å²) in [6.45, 7) is 4.90. The third-order valence-corrected chi connectivity index (χ3v) is 5.18. The maximum absolute atomic E-state index is 13.8. The van der Waals surface area contributed by atoms with Crippen LogP contribution in [0.2, 0.25) is 0 Å². The van der Waals surface area contributed by atoms with Crippen molar-refractivity contribution in [1.82, 2.24) is 5.01 Å². The number of carbonyl (C=O) groups excluding carboxylic acids is 1. The van der Waals surface area contributed by atoms with Crippen LogP contribution < -0.4 is 4.74 Å². The van der Waals surface area contributed by atoms with Crippen molar-refractivity contribution in [3.63, 3.8) is 0 Å². The second-order valence-electron chi connectivity index (χ2n) is 7.57. The fourth-order valence-corrected chi connectivity index (χ4v) is 3.88. The second kappa shape index (κ2) is 6.82. The molecule has 0 unspecified atom stereocenters. The molecule has 148 valence electrons. The van der Waals surface area contributed by atoms with Crippen LogP contribution in [-0.2, 0) is 4.79 Å². The SMILES string of the molecule is Cc1cc(C)cc(OCC(=O)N2N=C3CC[C@H](C)C[C@@H]3[C@@]2(O)C(F)(F)F)c1. The van der Waals surface area contributed by atoms with Crippen LogP contribution in [0.25, 0.3) is 0 Å². The minimum Gasteiger partial charge on any atom is -0.484 e. The summed E-state index contributed by atoms with van der Waals surface area (Å²) in [6, 6.07) is 5.29. The van der Waals surface area contributed by atoms with Gasteiger partial charge in [0.25, 0.3) is 11.6 Å². The molecule has 8 heteroatoms. The molecule has 1 saturated carbocycles. The van der Waals surface area contributed by atoms with Gasteiger partial charge in [-0.15, -0.1) is 0 Å². The van der Waals surface area contributed by atoms with Gasteiger partial charge in [0.1, 0.15) is 5.75 Å². The van der Waals surface area contributed by atoms with Crippen molar-refractivity contribution in [2.24, 2.45) is 16.9 Å². The van der Waals surface area contributed by atoms with Crippen LogP contribution >= 0.6 is 0 Å². The lowest BCUT2D eigenvalue weighted by molar-refractivity contribution is -0.318. The van der Waals surface area contributed by atoms with E-state index in [0.29, 0.717) is 18.6 Å². The van der Waals surface area contributed by atoms with Crippen molar-refractivity contribution in [2.75, 3.05) is 6.61 Å². The lowest BCUT2D eigenvalue weighted by Crippen LogP contribution is -2.62. The number of alkyl halides is 3. The van der Waals surface area contributed by atoms with Gasteiger partial charge in [-0.2, -0.15) is 23.3 Å². The molecule has 5 nitrogen and oxygen atoms in total. The van der Waals surface area contributed by atoms with Gasteiger partial charge in [0.2, 0.25) is 0 Å². The topological polar surface area (TPSA) is 62.1 Å². The summed E-state index contributed by atoms with van der Waals surface area (Å²) in [5, 5.41) is 14.6. The summed E-state index contributed by atoms with van der Waals surface area (Å²) in [5.74, 6) is -1.85. The number of ether oxygens (including phenoxy) is 1. The molecule has 3 atom stereocenters. The summed E-state index contributed by atoms with van der Waals surface area (Å²) in [7, 11) is 0. The number of aryl methyl sites for hydroxylation is 2. The molecule has 1 amide bonds. The van der Waals surface area contributed by atoms with Crippen molar-refractivity contribution < 1.29 is 27.8 Å². The van der Waals surface area contributed by atoms with E-state index in [1.54, 1.807) is 12.1 Å². The molecule has 0 spiro atoms. The van der Waals surface area contributed by atoms with Gasteiger partial charge < -0.3 is 9.84 Å². The summed E-state index contributed by atoms with van der Waals surface area (Å²) in [5.41, 5.74) is -1.27. The quantitative estimate of drug-likeness (QED) is 0.867. The molecule has 1 fully saturated rings. The zero-order valence-electron chi connectivity index (χ0n) is 15.5. The molecule has 2 aliphatic rings. The number of fused-ring (bicyclic) bond motifs is 1. The molecular formula is C19H23F3N2O3. The molecule has 0 bridgehead atoms. The Morgan fingerprint density at radius 2 is 1.96 bits per heavy atom. The Labute approximate surface area is 155 Å². The number of hydrogen-bond donors (Lipinski definition) is 1. The zero-order valence-corrected chi connectivity index (χ0v) is 15.5. The van der Waals surface area contributed by atoms with Gasteiger partial charge in [0.15, 0.2) is 6.61 Å². The molecule has 1 aromatic carbocycles. The van der Waals surface area contributed by atoms with Crippen molar-refractivity contribution in [1.29, 1.82) is 0 Å². The van der Waals surface area contributed by atoms with Crippen molar-refractivity contribution >= 4 is 11.6 Å². The third kappa shape index (κ3) is 3.54. The van der Waals surface area contributed by atoms with Crippen molar-refractivity contribution in [2.45, 2.75) is 51.9 Å². The number of carbonyl (C=O) groups is 1. The van der Waals surface area contributed by atoms with Gasteiger partial charge in [-0.1, -0.05) is 13.0 Å². The number of benzene rings is 1. The van der Waals surface area contributed by atoms with Gasteiger partial charge in [-0.05, 0) is 62.3 Å². The highest BCUT2D eigenvalue weighted by Gasteiger charge is 2.68. The highest BCUT2D eigenvalue weighted by molar-refractivity contribution is 5.93. The van der Waals surface area contributed by atoms with Gasteiger partial charge >= 0.3 is 6.18 Å². The van der Waals surface area contributed by atoms with Crippen LogP contribution in [0, 0.1) is 25.7 Å². The first-order chi connectivity index (χ1) is 12.5. The number of halogens is 3. The Balaban J connectivity index is 1.82. The Morgan fingerprint density at radius 3 is 2.56 bits per heavy atom. The first-order valence-electron chi connectivity index (χ1n) is 8.93. The number of nitrogens with zero attached hydrogens (tertiary/aromatic N) is 2. The molecular weight excluding hydrogens is 361 g/mol. The molecule has 1 aliphatic carbocycles. The Morgan fingerprint density at radius 1 is 1.33 bits per heavy atom. The van der Waals surface area contributed by atoms with E-state index in [1.165, 1.54) is 0 Å². The lowest BCUT2D eigenvalue weighted by Gasteiger charge is -2.39. The number of hydrazone groups is 1. The molecule has 0 radical (unpaired) electrons. The highest BCUT2D eigenvalue weighted by Crippen LogP contribution is 2.49. The summed E-state index contributed by atoms with van der Waals surface area (Å²) in [6.07, 6.45) is -3.86. The average molecular weight is 384 g/mol. The minimum atomic E-state index is -5.02. The maximum atomic E-state index is 13.8. The largest absolute Gasteiger partial charge is 0.484 e. The molecule has 0 saturated heterocycles. The van der Waals surface area contributed by atoms with E-state index in [4.69, 9.17) is 4.74 Å². The number of hydrogen-bond acceptors (Lipinski definition) is 4. The molecule has 27 heavy (non-hydrogen) atoms. The molecule has 1 N–H and O–H groups in total. The van der Waals surface area contributed by atoms with E-state index >= 15 is 0 Å². The predicted octanol–water partition coefficient (Wildman–Crippen LogP) is 3.57. The minimum absolute atomic E-state index is 0.0180. The van der Waals surface area contributed by atoms with Crippen molar-refractivity contribution in [3.8, 4) is 5.75 Å². The Kier molecular flexibility index (Phi) is 4.96. The van der Waals surface area contributed by atoms with Crippen molar-refractivity contribution in [3.05, 3.63) is 29.3 Å². The normalized spacial score (nSPS) is 28.0. The molecule has 1 aliphatic heterocycles. The van der Waals surface area contributed by atoms with Crippen LogP contribution in [0.5, 0.6) is 5.75 Å². The first kappa shape index (κ1) is 19.7. The van der Waals surface area contributed by atoms with E-state index in [2.05, 4.69) is 5.10 Å². The number of amides is 1. The van der Waals surface area contributed by atoms with Crippen LogP contribution in [-0.4, -0.2) is 40.2 Å². The Hall–Kier alpha value is -2.09. The van der Waals surface area contributed by atoms with Crippen LogP contribution in [0.15, 0.2) is 23.3 Å². The lowest BCUT2D eigenvalue weighted by atomic mass is 9.76. The molecule has 0 aromatic heterocycles. The van der Waals surface area contributed by atoms with Crippen LogP contribution in [0.1, 0.15) is 37.3 Å². The predicted molar refractivity (Wildman–Crippen MR) is 93.2 cm³/mol. The van der Waals surface area contributed by atoms with E-state index in [0.717, 1.165) is 11.1 Å². The third-order valence-electron chi connectivity index (χ3n) is 5.18. The van der Waals surface area contributed by atoms with Crippen LogP contribution in [0.4, 0.5) is 13.2 Å². The average Bonchev–Trinajstić information content (AvgIpc) is 2.85. The molecule has 1 aromatic rings. The molecule has 3 rings (SSSR count). The summed E-state index contributed by atoms with van der Waals surface area (Å²) in [4.78, 5) is 12.5. The van der Waals surface area contributed by atoms with Crippen LogP contribution in [0.3, 0.4) is 0 Å².